The van der Waals surface area contributed by atoms with Crippen molar-refractivity contribution in [2.24, 2.45) is 0 Å². The van der Waals surface area contributed by atoms with Crippen LogP contribution in [0.25, 0.3) is 10.8 Å². The van der Waals surface area contributed by atoms with E-state index in [1.165, 1.54) is 89.9 Å². The maximum Gasteiger partial charge on any atom is 0.469 e. The van der Waals surface area contributed by atoms with Gasteiger partial charge in [-0.1, -0.05) is 180 Å². The molecule has 0 spiro atoms. The van der Waals surface area contributed by atoms with Crippen molar-refractivity contribution in [1.29, 1.82) is 0 Å². The average molecular weight is 918 g/mol. The summed E-state index contributed by atoms with van der Waals surface area (Å²) in [5, 5.41) is 4.33. The van der Waals surface area contributed by atoms with Gasteiger partial charge >= 0.3 is 25.7 Å². The number of carbonyl (C=O) groups is 4. The molecule has 3 N–H and O–H groups in total. The molecule has 13 heteroatoms. The van der Waals surface area contributed by atoms with Crippen molar-refractivity contribution in [1.82, 2.24) is 5.32 Å². The largest absolute Gasteiger partial charge is 0.469 e. The summed E-state index contributed by atoms with van der Waals surface area (Å²) >= 11 is 0. The molecule has 0 aliphatic rings. The monoisotopic (exact) mass is 918 g/mol. The van der Waals surface area contributed by atoms with E-state index in [2.05, 4.69) is 23.7 Å². The van der Waals surface area contributed by atoms with E-state index in [1.54, 1.807) is 36.4 Å². The van der Waals surface area contributed by atoms with E-state index in [0.717, 1.165) is 94.2 Å². The highest BCUT2D eigenvalue weighted by Crippen LogP contribution is 2.35. The summed E-state index contributed by atoms with van der Waals surface area (Å²) in [7, 11) is -4.38. The van der Waals surface area contributed by atoms with E-state index in [-0.39, 0.29) is 26.1 Å². The Morgan fingerprint density at radius 2 is 0.906 bits per heavy atom. The van der Waals surface area contributed by atoms with Crippen molar-refractivity contribution >= 4 is 42.4 Å². The summed E-state index contributed by atoms with van der Waals surface area (Å²) in [6.07, 6.45) is 30.8. The molecule has 2 aromatic carbocycles. The van der Waals surface area contributed by atoms with Gasteiger partial charge in [-0.25, -0.2) is 14.2 Å². The van der Waals surface area contributed by atoms with Crippen LogP contribution in [0.3, 0.4) is 0 Å². The fraction of sp³-hybridized carbons (Fsp3) is 0.725. The third-order valence-corrected chi connectivity index (χ3v) is 12.1. The standard InChI is InChI=1S/C51H84NO11P/c1-3-5-7-9-11-13-15-19-23-27-37-60-48(53)36-35-47(51(56)62-39-29-25-20-16-14-12-10-8-6-4-2)52-49(54)45-33-31-44-42-46(34-32-43(44)41-45)50(55)61-38-28-24-21-17-18-22-26-30-40-63-64(57,58)59/h31-34,41-42,47H,3-30,35-40H2,1-2H3,(H,52,54)(H2,57,58,59). The minimum Gasteiger partial charge on any atom is -0.466 e. The summed E-state index contributed by atoms with van der Waals surface area (Å²) in [6, 6.07) is 9.28. The van der Waals surface area contributed by atoms with Crippen molar-refractivity contribution < 1.29 is 52.3 Å². The molecule has 2 rings (SSSR count). The fourth-order valence-corrected chi connectivity index (χ4v) is 8.04. The lowest BCUT2D eigenvalue weighted by molar-refractivity contribution is -0.147. The van der Waals surface area contributed by atoms with Gasteiger partial charge in [-0.3, -0.25) is 14.1 Å². The number of hydrogen-bond donors (Lipinski definition) is 3. The molecular weight excluding hydrogens is 834 g/mol. The lowest BCUT2D eigenvalue weighted by Gasteiger charge is -2.18. The second-order valence-electron chi connectivity index (χ2n) is 17.4. The molecule has 0 saturated carbocycles. The molecule has 0 heterocycles. The summed E-state index contributed by atoms with van der Waals surface area (Å²) in [6.45, 7) is 5.44. The third kappa shape index (κ3) is 29.3. The first-order valence-corrected chi connectivity index (χ1v) is 26.6. The topological polar surface area (TPSA) is 175 Å². The van der Waals surface area contributed by atoms with E-state index in [9.17, 15) is 23.7 Å². The van der Waals surface area contributed by atoms with Gasteiger partial charge in [0.05, 0.1) is 32.0 Å². The molecular formula is C51H84NO11P. The molecule has 0 saturated heterocycles. The number of hydrogen-bond acceptors (Lipinski definition) is 9. The van der Waals surface area contributed by atoms with Crippen LogP contribution in [0.1, 0.15) is 227 Å². The number of phosphoric ester groups is 1. The van der Waals surface area contributed by atoms with Gasteiger partial charge in [-0.15, -0.1) is 0 Å². The lowest BCUT2D eigenvalue weighted by Crippen LogP contribution is -2.42. The summed E-state index contributed by atoms with van der Waals surface area (Å²) in [4.78, 5) is 69.8. The minimum absolute atomic E-state index is 0.0172. The van der Waals surface area contributed by atoms with Crippen LogP contribution in [0.4, 0.5) is 0 Å². The van der Waals surface area contributed by atoms with Crippen molar-refractivity contribution in [3.8, 4) is 0 Å². The maximum atomic E-state index is 13.5. The molecule has 2 aromatic rings. The predicted octanol–water partition coefficient (Wildman–Crippen LogP) is 13.0. The predicted molar refractivity (Wildman–Crippen MR) is 255 cm³/mol. The van der Waals surface area contributed by atoms with Crippen molar-refractivity contribution in [2.75, 3.05) is 26.4 Å². The molecule has 64 heavy (non-hydrogen) atoms. The molecule has 0 aliphatic heterocycles. The molecule has 1 atom stereocenters. The number of benzene rings is 2. The van der Waals surface area contributed by atoms with Crippen molar-refractivity contribution in [3.63, 3.8) is 0 Å². The van der Waals surface area contributed by atoms with Gasteiger partial charge in [0.2, 0.25) is 0 Å². The van der Waals surface area contributed by atoms with Crippen LogP contribution in [0, 0.1) is 0 Å². The highest BCUT2D eigenvalue weighted by atomic mass is 31.2. The van der Waals surface area contributed by atoms with Crippen molar-refractivity contribution in [2.45, 2.75) is 213 Å². The van der Waals surface area contributed by atoms with Crippen LogP contribution in [0.5, 0.6) is 0 Å². The molecule has 0 aromatic heterocycles. The van der Waals surface area contributed by atoms with Gasteiger partial charge in [0.1, 0.15) is 6.04 Å². The first kappa shape index (κ1) is 56.8. The second kappa shape index (κ2) is 36.9. The number of nitrogens with one attached hydrogen (secondary N) is 1. The van der Waals surface area contributed by atoms with E-state index in [0.29, 0.717) is 30.8 Å². The number of fused-ring (bicyclic) bond motifs is 1. The van der Waals surface area contributed by atoms with E-state index in [1.807, 2.05) is 0 Å². The van der Waals surface area contributed by atoms with E-state index in [4.69, 9.17) is 24.0 Å². The van der Waals surface area contributed by atoms with Crippen LogP contribution in [-0.2, 0) is 32.9 Å². The Morgan fingerprint density at radius 3 is 1.38 bits per heavy atom. The maximum absolute atomic E-state index is 13.5. The zero-order valence-corrected chi connectivity index (χ0v) is 40.5. The Labute approximate surface area is 385 Å². The second-order valence-corrected chi connectivity index (χ2v) is 18.6. The minimum atomic E-state index is -4.38. The summed E-state index contributed by atoms with van der Waals surface area (Å²) in [5.74, 6) is -1.83. The van der Waals surface area contributed by atoms with Crippen LogP contribution in [0.2, 0.25) is 0 Å². The number of phosphoric acid groups is 1. The number of ether oxygens (including phenoxy) is 3. The first-order chi connectivity index (χ1) is 31.0. The average Bonchev–Trinajstić information content (AvgIpc) is 3.28. The Hall–Kier alpha value is -3.31. The molecule has 12 nitrogen and oxygen atoms in total. The van der Waals surface area contributed by atoms with Gasteiger partial charge in [-0.2, -0.15) is 0 Å². The number of rotatable bonds is 41. The third-order valence-electron chi connectivity index (χ3n) is 11.6. The number of esters is 3. The highest BCUT2D eigenvalue weighted by Gasteiger charge is 2.25. The normalized spacial score (nSPS) is 12.0. The zero-order chi connectivity index (χ0) is 46.5. The molecule has 1 amide bonds. The fourth-order valence-electron chi connectivity index (χ4n) is 7.67. The quantitative estimate of drug-likeness (QED) is 0.0250. The summed E-state index contributed by atoms with van der Waals surface area (Å²) < 4.78 is 31.8. The first-order valence-electron chi connectivity index (χ1n) is 25.1. The van der Waals surface area contributed by atoms with Crippen LogP contribution in [0.15, 0.2) is 36.4 Å². The Kier molecular flexibility index (Phi) is 32.7. The van der Waals surface area contributed by atoms with E-state index >= 15 is 0 Å². The van der Waals surface area contributed by atoms with Gasteiger partial charge in [0.15, 0.2) is 0 Å². The molecule has 0 aliphatic carbocycles. The molecule has 364 valence electrons. The zero-order valence-electron chi connectivity index (χ0n) is 39.6. The lowest BCUT2D eigenvalue weighted by atomic mass is 10.0. The van der Waals surface area contributed by atoms with Gasteiger partial charge in [-0.05, 0) is 67.1 Å². The molecule has 0 fully saturated rings. The Bertz CT molecular complexity index is 1610. The smallest absolute Gasteiger partial charge is 0.466 e. The Balaban J connectivity index is 1.83. The Morgan fingerprint density at radius 1 is 0.516 bits per heavy atom. The number of carbonyl (C=O) groups excluding carboxylic acids is 4. The number of amides is 1. The van der Waals surface area contributed by atoms with Crippen LogP contribution < -0.4 is 5.32 Å². The van der Waals surface area contributed by atoms with Gasteiger partial charge in [0, 0.05) is 12.0 Å². The molecule has 0 bridgehead atoms. The van der Waals surface area contributed by atoms with Crippen LogP contribution >= 0.6 is 7.82 Å². The molecule has 1 unspecified atom stereocenters. The van der Waals surface area contributed by atoms with Gasteiger partial charge in [0.25, 0.3) is 5.91 Å². The van der Waals surface area contributed by atoms with E-state index < -0.39 is 37.7 Å². The highest BCUT2D eigenvalue weighted by molar-refractivity contribution is 7.46. The summed E-state index contributed by atoms with van der Waals surface area (Å²) in [5.41, 5.74) is 0.755. The van der Waals surface area contributed by atoms with Gasteiger partial charge < -0.3 is 29.3 Å². The van der Waals surface area contributed by atoms with Crippen LogP contribution in [-0.4, -0.2) is 66.1 Å². The molecule has 0 radical (unpaired) electrons. The number of unbranched alkanes of at least 4 members (excludes halogenated alkanes) is 25. The SMILES string of the molecule is CCCCCCCCCCCCOC(=O)CCC(NC(=O)c1ccc2cc(C(=O)OCCCCCCCCCCOP(=O)(O)O)ccc2c1)C(=O)OCCCCCCCCCCCC. The van der Waals surface area contributed by atoms with Crippen molar-refractivity contribution in [3.05, 3.63) is 47.5 Å².